The van der Waals surface area contributed by atoms with Crippen LogP contribution < -0.4 is 4.74 Å². The summed E-state index contributed by atoms with van der Waals surface area (Å²) in [5.74, 6) is -0.482. The first-order valence-corrected chi connectivity index (χ1v) is 3.77. The normalized spacial score (nSPS) is 9.31. The molecular formula is C10H10O3. The zero-order chi connectivity index (χ0) is 9.84. The Kier molecular flexibility index (Phi) is 2.69. The highest BCUT2D eigenvalue weighted by Gasteiger charge is 2.04. The van der Waals surface area contributed by atoms with E-state index in [9.17, 15) is 9.90 Å². The minimum Gasteiger partial charge on any atom is -0.504 e. The highest BCUT2D eigenvalue weighted by atomic mass is 16.5. The van der Waals surface area contributed by atoms with Gasteiger partial charge in [0.15, 0.2) is 11.5 Å². The van der Waals surface area contributed by atoms with Gasteiger partial charge in [-0.25, -0.2) is 4.79 Å². The number of esters is 1. The monoisotopic (exact) mass is 178 g/mol. The number of hydrogen-bond acceptors (Lipinski definition) is 3. The van der Waals surface area contributed by atoms with Gasteiger partial charge in [-0.05, 0) is 24.6 Å². The summed E-state index contributed by atoms with van der Waals surface area (Å²) in [5, 5.41) is 9.32. The molecular weight excluding hydrogens is 168 g/mol. The van der Waals surface area contributed by atoms with Crippen LogP contribution in [0.25, 0.3) is 0 Å². The summed E-state index contributed by atoms with van der Waals surface area (Å²) in [6, 6.07) is 4.79. The lowest BCUT2D eigenvalue weighted by molar-refractivity contribution is -0.129. The second kappa shape index (κ2) is 3.76. The molecule has 1 aromatic carbocycles. The Morgan fingerprint density at radius 1 is 1.62 bits per heavy atom. The zero-order valence-electron chi connectivity index (χ0n) is 7.28. The largest absolute Gasteiger partial charge is 0.504 e. The van der Waals surface area contributed by atoms with Crippen LogP contribution in [-0.4, -0.2) is 11.1 Å². The van der Waals surface area contributed by atoms with Gasteiger partial charge < -0.3 is 9.84 Å². The molecule has 1 aromatic rings. The first-order valence-electron chi connectivity index (χ1n) is 3.77. The van der Waals surface area contributed by atoms with Crippen molar-refractivity contribution in [2.24, 2.45) is 0 Å². The maximum atomic E-state index is 10.8. The van der Waals surface area contributed by atoms with Crippen LogP contribution in [0, 0.1) is 6.92 Å². The number of ether oxygens (including phenoxy) is 1. The van der Waals surface area contributed by atoms with Crippen molar-refractivity contribution in [3.05, 3.63) is 36.4 Å². The van der Waals surface area contributed by atoms with E-state index in [0.29, 0.717) is 0 Å². The molecule has 0 bridgehead atoms. The Labute approximate surface area is 76.3 Å². The van der Waals surface area contributed by atoms with Gasteiger partial charge in [-0.15, -0.1) is 0 Å². The molecule has 0 spiro atoms. The maximum absolute atomic E-state index is 10.8. The van der Waals surface area contributed by atoms with Gasteiger partial charge in [0, 0.05) is 6.08 Å². The number of aryl methyl sites for hydroxylation is 1. The molecule has 0 saturated carbocycles. The van der Waals surface area contributed by atoms with E-state index in [0.717, 1.165) is 11.6 Å². The topological polar surface area (TPSA) is 46.5 Å². The summed E-state index contributed by atoms with van der Waals surface area (Å²) in [6.07, 6.45) is 1.04. The molecule has 68 valence electrons. The van der Waals surface area contributed by atoms with Crippen LogP contribution in [-0.2, 0) is 4.79 Å². The van der Waals surface area contributed by atoms with Crippen molar-refractivity contribution in [1.29, 1.82) is 0 Å². The van der Waals surface area contributed by atoms with Crippen LogP contribution >= 0.6 is 0 Å². The Morgan fingerprint density at radius 3 is 2.85 bits per heavy atom. The summed E-state index contributed by atoms with van der Waals surface area (Å²) >= 11 is 0. The fraction of sp³-hybridized carbons (Fsp3) is 0.100. The molecule has 0 heterocycles. The third kappa shape index (κ3) is 2.33. The molecule has 3 heteroatoms. The van der Waals surface area contributed by atoms with Gasteiger partial charge in [-0.3, -0.25) is 0 Å². The molecule has 0 fully saturated rings. The van der Waals surface area contributed by atoms with Gasteiger partial charge in [0.25, 0.3) is 0 Å². The average molecular weight is 178 g/mol. The van der Waals surface area contributed by atoms with Crippen molar-refractivity contribution in [2.75, 3.05) is 0 Å². The Hall–Kier alpha value is -1.77. The van der Waals surface area contributed by atoms with Crippen molar-refractivity contribution in [1.82, 2.24) is 0 Å². The smallest absolute Gasteiger partial charge is 0.335 e. The molecule has 13 heavy (non-hydrogen) atoms. The minimum atomic E-state index is -0.584. The number of carbonyl (C=O) groups excluding carboxylic acids is 1. The molecule has 0 saturated heterocycles. The Balaban J connectivity index is 2.89. The maximum Gasteiger partial charge on any atom is 0.335 e. The summed E-state index contributed by atoms with van der Waals surface area (Å²) in [7, 11) is 0. The number of benzene rings is 1. The van der Waals surface area contributed by atoms with Gasteiger partial charge in [-0.1, -0.05) is 12.6 Å². The molecule has 0 radical (unpaired) electrons. The SMILES string of the molecule is C=CC(=O)Oc1ccc(C)cc1O. The van der Waals surface area contributed by atoms with Gasteiger partial charge in [0.1, 0.15) is 0 Å². The fourth-order valence-electron chi connectivity index (χ4n) is 0.864. The van der Waals surface area contributed by atoms with Crippen LogP contribution in [0.2, 0.25) is 0 Å². The van der Waals surface area contributed by atoms with Crippen molar-refractivity contribution in [2.45, 2.75) is 6.92 Å². The van der Waals surface area contributed by atoms with Crippen molar-refractivity contribution in [3.8, 4) is 11.5 Å². The summed E-state index contributed by atoms with van der Waals surface area (Å²) < 4.78 is 4.74. The second-order valence-corrected chi connectivity index (χ2v) is 2.60. The van der Waals surface area contributed by atoms with E-state index in [4.69, 9.17) is 4.74 Å². The lowest BCUT2D eigenvalue weighted by atomic mass is 10.2. The number of hydrogen-bond donors (Lipinski definition) is 1. The van der Waals surface area contributed by atoms with Crippen LogP contribution in [0.5, 0.6) is 11.5 Å². The Morgan fingerprint density at radius 2 is 2.31 bits per heavy atom. The number of aromatic hydroxyl groups is 1. The molecule has 3 nitrogen and oxygen atoms in total. The fourth-order valence-corrected chi connectivity index (χ4v) is 0.864. The summed E-state index contributed by atoms with van der Waals surface area (Å²) in [6.45, 7) is 5.08. The molecule has 0 aromatic heterocycles. The standard InChI is InChI=1S/C10H10O3/c1-3-10(12)13-9-5-4-7(2)6-8(9)11/h3-6,11H,1H2,2H3. The van der Waals surface area contributed by atoms with Crippen molar-refractivity contribution in [3.63, 3.8) is 0 Å². The van der Waals surface area contributed by atoms with E-state index in [-0.39, 0.29) is 11.5 Å². The first-order chi connectivity index (χ1) is 6.13. The highest BCUT2D eigenvalue weighted by molar-refractivity contribution is 5.83. The molecule has 0 amide bonds. The predicted molar refractivity (Wildman–Crippen MR) is 48.7 cm³/mol. The third-order valence-electron chi connectivity index (χ3n) is 1.49. The van der Waals surface area contributed by atoms with Crippen LogP contribution in [0.3, 0.4) is 0 Å². The number of phenolic OH excluding ortho intramolecular Hbond substituents is 1. The molecule has 1 N–H and O–H groups in total. The number of carbonyl (C=O) groups is 1. The first kappa shape index (κ1) is 9.32. The molecule has 0 atom stereocenters. The van der Waals surface area contributed by atoms with Crippen LogP contribution in [0.1, 0.15) is 5.56 Å². The van der Waals surface area contributed by atoms with Crippen molar-refractivity contribution >= 4 is 5.97 Å². The second-order valence-electron chi connectivity index (χ2n) is 2.60. The van der Waals surface area contributed by atoms with Gasteiger partial charge >= 0.3 is 5.97 Å². The lowest BCUT2D eigenvalue weighted by Gasteiger charge is -2.03. The van der Waals surface area contributed by atoms with E-state index < -0.39 is 5.97 Å². The minimum absolute atomic E-state index is 0.0461. The van der Waals surface area contributed by atoms with E-state index in [1.54, 1.807) is 6.07 Å². The van der Waals surface area contributed by atoms with E-state index >= 15 is 0 Å². The summed E-state index contributed by atoms with van der Waals surface area (Å²) in [4.78, 5) is 10.8. The highest BCUT2D eigenvalue weighted by Crippen LogP contribution is 2.26. The molecule has 0 aliphatic rings. The molecule has 0 aliphatic carbocycles. The van der Waals surface area contributed by atoms with Gasteiger partial charge in [-0.2, -0.15) is 0 Å². The van der Waals surface area contributed by atoms with Crippen LogP contribution in [0.4, 0.5) is 0 Å². The van der Waals surface area contributed by atoms with Gasteiger partial charge in [0.05, 0.1) is 0 Å². The molecule has 1 rings (SSSR count). The molecule has 0 unspecified atom stereocenters. The van der Waals surface area contributed by atoms with E-state index in [1.807, 2.05) is 6.92 Å². The third-order valence-corrected chi connectivity index (χ3v) is 1.49. The van der Waals surface area contributed by atoms with Gasteiger partial charge in [0.2, 0.25) is 0 Å². The average Bonchev–Trinajstić information content (AvgIpc) is 2.09. The lowest BCUT2D eigenvalue weighted by Crippen LogP contribution is -2.03. The molecule has 0 aliphatic heterocycles. The van der Waals surface area contributed by atoms with E-state index in [2.05, 4.69) is 6.58 Å². The summed E-state index contributed by atoms with van der Waals surface area (Å²) in [5.41, 5.74) is 0.899. The number of phenols is 1. The van der Waals surface area contributed by atoms with Crippen molar-refractivity contribution < 1.29 is 14.6 Å². The predicted octanol–water partition coefficient (Wildman–Crippen LogP) is 1.79. The zero-order valence-corrected chi connectivity index (χ0v) is 7.28. The quantitative estimate of drug-likeness (QED) is 0.426. The Bertz CT molecular complexity index is 342. The number of rotatable bonds is 2. The van der Waals surface area contributed by atoms with Crippen LogP contribution in [0.15, 0.2) is 30.9 Å². The van der Waals surface area contributed by atoms with E-state index in [1.165, 1.54) is 12.1 Å².